The predicted octanol–water partition coefficient (Wildman–Crippen LogP) is 3.58. The highest BCUT2D eigenvalue weighted by Crippen LogP contribution is 2.31. The zero-order chi connectivity index (χ0) is 16.5. The third kappa shape index (κ3) is 4.35. The lowest BCUT2D eigenvalue weighted by atomic mass is 9.99. The van der Waals surface area contributed by atoms with Gasteiger partial charge in [-0.25, -0.2) is 4.98 Å². The van der Waals surface area contributed by atoms with Gasteiger partial charge in [-0.15, -0.1) is 12.4 Å². The molecule has 1 aromatic heterocycles. The van der Waals surface area contributed by atoms with E-state index in [0.29, 0.717) is 5.69 Å². The van der Waals surface area contributed by atoms with Gasteiger partial charge in [0.15, 0.2) is 5.58 Å². The van der Waals surface area contributed by atoms with Crippen molar-refractivity contribution in [1.29, 1.82) is 0 Å². The fourth-order valence-corrected chi connectivity index (χ4v) is 1.86. The first-order valence-electron chi connectivity index (χ1n) is 6.76. The smallest absolute Gasteiger partial charge is 0.433 e. The van der Waals surface area contributed by atoms with E-state index >= 15 is 0 Å². The molecule has 1 amide bonds. The molecule has 0 aliphatic rings. The van der Waals surface area contributed by atoms with Crippen LogP contribution in [0.1, 0.15) is 26.2 Å². The Labute approximate surface area is 136 Å². The molecule has 0 bridgehead atoms. The van der Waals surface area contributed by atoms with E-state index in [0.717, 1.165) is 6.42 Å². The van der Waals surface area contributed by atoms with Crippen molar-refractivity contribution in [2.45, 2.75) is 32.5 Å². The highest BCUT2D eigenvalue weighted by molar-refractivity contribution is 5.96. The molecule has 0 aliphatic carbocycles. The van der Waals surface area contributed by atoms with Crippen molar-refractivity contribution in [2.24, 2.45) is 11.7 Å². The second-order valence-corrected chi connectivity index (χ2v) is 5.10. The van der Waals surface area contributed by atoms with Crippen LogP contribution in [0.3, 0.4) is 0 Å². The van der Waals surface area contributed by atoms with Gasteiger partial charge in [0.05, 0.1) is 6.04 Å². The van der Waals surface area contributed by atoms with Gasteiger partial charge < -0.3 is 15.5 Å². The van der Waals surface area contributed by atoms with Crippen molar-refractivity contribution in [3.63, 3.8) is 0 Å². The molecule has 2 unspecified atom stereocenters. The van der Waals surface area contributed by atoms with Gasteiger partial charge in [0.2, 0.25) is 5.91 Å². The number of alkyl halides is 3. The Hall–Kier alpha value is -1.80. The van der Waals surface area contributed by atoms with E-state index in [4.69, 9.17) is 5.73 Å². The average Bonchev–Trinajstić information content (AvgIpc) is 2.88. The van der Waals surface area contributed by atoms with Gasteiger partial charge in [-0.2, -0.15) is 13.2 Å². The number of aromatic nitrogens is 1. The van der Waals surface area contributed by atoms with Crippen LogP contribution in [0.15, 0.2) is 22.6 Å². The molecule has 1 aromatic carbocycles. The van der Waals surface area contributed by atoms with Gasteiger partial charge in [0, 0.05) is 5.69 Å². The summed E-state index contributed by atoms with van der Waals surface area (Å²) < 4.78 is 42.2. The summed E-state index contributed by atoms with van der Waals surface area (Å²) in [6.07, 6.45) is -3.91. The number of amides is 1. The maximum absolute atomic E-state index is 12.5. The van der Waals surface area contributed by atoms with Crippen molar-refractivity contribution in [1.82, 2.24) is 4.98 Å². The highest BCUT2D eigenvalue weighted by Gasteiger charge is 2.37. The minimum atomic E-state index is -4.65. The topological polar surface area (TPSA) is 81.2 Å². The molecule has 0 saturated carbocycles. The average molecular weight is 352 g/mol. The van der Waals surface area contributed by atoms with Crippen LogP contribution in [0.25, 0.3) is 11.1 Å². The van der Waals surface area contributed by atoms with Crippen LogP contribution in [0.5, 0.6) is 0 Å². The maximum atomic E-state index is 12.5. The Balaban J connectivity index is 0.00000264. The first kappa shape index (κ1) is 19.2. The second kappa shape index (κ2) is 7.18. The van der Waals surface area contributed by atoms with E-state index < -0.39 is 24.0 Å². The lowest BCUT2D eigenvalue weighted by Crippen LogP contribution is -2.40. The third-order valence-corrected chi connectivity index (χ3v) is 3.46. The van der Waals surface area contributed by atoms with E-state index in [1.807, 2.05) is 13.8 Å². The van der Waals surface area contributed by atoms with Crippen molar-refractivity contribution in [3.8, 4) is 0 Å². The number of nitrogens with zero attached hydrogens (tertiary/aromatic N) is 1. The van der Waals surface area contributed by atoms with Crippen LogP contribution in [-0.2, 0) is 11.0 Å². The molecule has 1 heterocycles. The van der Waals surface area contributed by atoms with Crippen molar-refractivity contribution in [3.05, 3.63) is 24.1 Å². The Bertz CT molecular complexity index is 687. The lowest BCUT2D eigenvalue weighted by molar-refractivity contribution is -0.156. The zero-order valence-electron chi connectivity index (χ0n) is 12.5. The minimum Gasteiger partial charge on any atom is -0.433 e. The van der Waals surface area contributed by atoms with Crippen LogP contribution in [-0.4, -0.2) is 16.9 Å². The molecule has 0 fully saturated rings. The van der Waals surface area contributed by atoms with E-state index in [-0.39, 0.29) is 29.4 Å². The number of nitrogens with two attached hydrogens (primary N) is 1. The molecule has 0 radical (unpaired) electrons. The largest absolute Gasteiger partial charge is 0.468 e. The monoisotopic (exact) mass is 351 g/mol. The molecule has 3 N–H and O–H groups in total. The Morgan fingerprint density at radius 2 is 2.09 bits per heavy atom. The summed E-state index contributed by atoms with van der Waals surface area (Å²) >= 11 is 0. The maximum Gasteiger partial charge on any atom is 0.468 e. The molecule has 0 saturated heterocycles. The number of rotatable bonds is 4. The molecule has 0 spiro atoms. The number of halogens is 4. The molecule has 5 nitrogen and oxygen atoms in total. The fraction of sp³-hybridized carbons (Fsp3) is 0.429. The molecular weight excluding hydrogens is 335 g/mol. The van der Waals surface area contributed by atoms with E-state index in [9.17, 15) is 18.0 Å². The number of anilines is 1. The van der Waals surface area contributed by atoms with Gasteiger partial charge in [-0.3, -0.25) is 4.79 Å². The fourth-order valence-electron chi connectivity index (χ4n) is 1.86. The van der Waals surface area contributed by atoms with Gasteiger partial charge in [-0.05, 0) is 24.1 Å². The molecule has 9 heteroatoms. The van der Waals surface area contributed by atoms with Gasteiger partial charge >= 0.3 is 12.1 Å². The minimum absolute atomic E-state index is 0. The van der Waals surface area contributed by atoms with E-state index in [2.05, 4.69) is 14.7 Å². The van der Waals surface area contributed by atoms with Gasteiger partial charge in [0.25, 0.3) is 0 Å². The second-order valence-electron chi connectivity index (χ2n) is 5.10. The van der Waals surface area contributed by atoms with Crippen LogP contribution in [0, 0.1) is 5.92 Å². The summed E-state index contributed by atoms with van der Waals surface area (Å²) in [4.78, 5) is 15.3. The van der Waals surface area contributed by atoms with Crippen molar-refractivity contribution in [2.75, 3.05) is 5.32 Å². The van der Waals surface area contributed by atoms with Crippen molar-refractivity contribution < 1.29 is 22.4 Å². The van der Waals surface area contributed by atoms with Gasteiger partial charge in [0.1, 0.15) is 5.52 Å². The molecule has 2 atom stereocenters. The molecule has 2 aromatic rings. The van der Waals surface area contributed by atoms with E-state index in [1.54, 1.807) is 0 Å². The molecule has 128 valence electrons. The number of carbonyl (C=O) groups excluding carboxylic acids is 1. The standard InChI is InChI=1S/C14H16F3N3O2.ClH/c1-3-7(2)11(18)12(21)19-8-4-5-10-9(6-8)20-13(22-10)14(15,16)17;/h4-7,11H,3,18H2,1-2H3,(H,19,21);1H. The third-order valence-electron chi connectivity index (χ3n) is 3.46. The summed E-state index contributed by atoms with van der Waals surface area (Å²) in [5, 5.41) is 2.57. The number of oxazole rings is 1. The van der Waals surface area contributed by atoms with Crippen LogP contribution < -0.4 is 11.1 Å². The SMILES string of the molecule is CCC(C)C(N)C(=O)Nc1ccc2oc(C(F)(F)F)nc2c1.Cl. The summed E-state index contributed by atoms with van der Waals surface area (Å²) in [7, 11) is 0. The summed E-state index contributed by atoms with van der Waals surface area (Å²) in [6.45, 7) is 3.76. The summed E-state index contributed by atoms with van der Waals surface area (Å²) in [5.74, 6) is -1.72. The Kier molecular flexibility index (Phi) is 6.01. The Morgan fingerprint density at radius 1 is 1.43 bits per heavy atom. The quantitative estimate of drug-likeness (QED) is 0.882. The van der Waals surface area contributed by atoms with Crippen LogP contribution in [0.2, 0.25) is 0 Å². The zero-order valence-corrected chi connectivity index (χ0v) is 13.3. The molecule has 23 heavy (non-hydrogen) atoms. The molecule has 2 rings (SSSR count). The molecular formula is C14H17ClF3N3O2. The van der Waals surface area contributed by atoms with E-state index in [1.165, 1.54) is 18.2 Å². The first-order valence-corrected chi connectivity index (χ1v) is 6.76. The molecule has 0 aliphatic heterocycles. The summed E-state index contributed by atoms with van der Waals surface area (Å²) in [5.41, 5.74) is 6.13. The highest BCUT2D eigenvalue weighted by atomic mass is 35.5. The Morgan fingerprint density at radius 3 is 2.65 bits per heavy atom. The number of nitrogens with one attached hydrogen (secondary N) is 1. The number of hydrogen-bond donors (Lipinski definition) is 2. The number of carbonyl (C=O) groups is 1. The van der Waals surface area contributed by atoms with Gasteiger partial charge in [-0.1, -0.05) is 20.3 Å². The van der Waals surface area contributed by atoms with Crippen LogP contribution in [0.4, 0.5) is 18.9 Å². The number of fused-ring (bicyclic) bond motifs is 1. The first-order chi connectivity index (χ1) is 10.2. The predicted molar refractivity (Wildman–Crippen MR) is 82.3 cm³/mol. The number of benzene rings is 1. The normalized spacial score (nSPS) is 14.2. The van der Waals surface area contributed by atoms with Crippen molar-refractivity contribution >= 4 is 35.1 Å². The lowest BCUT2D eigenvalue weighted by Gasteiger charge is -2.17. The summed E-state index contributed by atoms with van der Waals surface area (Å²) in [6, 6.07) is 3.38. The van der Waals surface area contributed by atoms with Crippen LogP contribution >= 0.6 is 12.4 Å². The number of hydrogen-bond acceptors (Lipinski definition) is 4.